The number of fused-ring (bicyclic) bond motifs is 1. The predicted octanol–water partition coefficient (Wildman–Crippen LogP) is 3.38. The Hall–Kier alpha value is -2.21. The highest BCUT2D eigenvalue weighted by molar-refractivity contribution is 7.56. The van der Waals surface area contributed by atoms with Crippen molar-refractivity contribution in [1.82, 2.24) is 5.09 Å². The lowest BCUT2D eigenvalue weighted by Gasteiger charge is -2.26. The zero-order valence-corrected chi connectivity index (χ0v) is 15.2. The quantitative estimate of drug-likeness (QED) is 0.492. The van der Waals surface area contributed by atoms with E-state index in [-0.39, 0.29) is 6.42 Å². The van der Waals surface area contributed by atoms with Crippen LogP contribution in [0.4, 0.5) is 0 Å². The van der Waals surface area contributed by atoms with E-state index in [4.69, 9.17) is 5.11 Å². The smallest absolute Gasteiger partial charge is 0.321 e. The van der Waals surface area contributed by atoms with Gasteiger partial charge in [0.1, 0.15) is 6.04 Å². The van der Waals surface area contributed by atoms with Crippen LogP contribution in [-0.4, -0.2) is 33.1 Å². The molecule has 8 heteroatoms. The molecule has 0 spiro atoms. The van der Waals surface area contributed by atoms with Gasteiger partial charge in [-0.1, -0.05) is 49.4 Å². The van der Waals surface area contributed by atoms with E-state index in [1.54, 1.807) is 13.0 Å². The molecule has 0 fully saturated rings. The van der Waals surface area contributed by atoms with Crippen molar-refractivity contribution in [1.29, 1.82) is 0 Å². The molecule has 4 N–H and O–H groups in total. The summed E-state index contributed by atoms with van der Waals surface area (Å²) in [6.45, 7) is 1.75. The SMILES string of the molecule is CCC(c1ccc2ccccc2c1)P(=O)(O)NC(CCC(=O)O)C(=O)O. The number of carboxylic acid groups (broad SMARTS) is 2. The van der Waals surface area contributed by atoms with Crippen LogP contribution < -0.4 is 5.09 Å². The Morgan fingerprint density at radius 3 is 2.35 bits per heavy atom. The van der Waals surface area contributed by atoms with Crippen LogP contribution in [0.1, 0.15) is 37.4 Å². The minimum absolute atomic E-state index is 0.274. The van der Waals surface area contributed by atoms with Crippen molar-refractivity contribution in [2.75, 3.05) is 0 Å². The fourth-order valence-electron chi connectivity index (χ4n) is 2.92. The normalized spacial score (nSPS) is 15.9. The molecular formula is C18H22NO6P. The summed E-state index contributed by atoms with van der Waals surface area (Å²) in [5.41, 5.74) is -0.161. The molecule has 2 rings (SSSR count). The lowest BCUT2D eigenvalue weighted by molar-refractivity contribution is -0.140. The van der Waals surface area contributed by atoms with E-state index >= 15 is 0 Å². The zero-order chi connectivity index (χ0) is 19.3. The van der Waals surface area contributed by atoms with Crippen molar-refractivity contribution < 1.29 is 29.3 Å². The lowest BCUT2D eigenvalue weighted by Crippen LogP contribution is -2.36. The first kappa shape index (κ1) is 20.1. The Kier molecular flexibility index (Phi) is 6.53. The molecule has 3 atom stereocenters. The number of benzene rings is 2. The summed E-state index contributed by atoms with van der Waals surface area (Å²) in [6, 6.07) is 11.6. The van der Waals surface area contributed by atoms with Gasteiger partial charge < -0.3 is 15.1 Å². The molecule has 2 aromatic rings. The van der Waals surface area contributed by atoms with Crippen molar-refractivity contribution in [3.05, 3.63) is 48.0 Å². The molecule has 0 amide bonds. The first-order valence-corrected chi connectivity index (χ1v) is 10.0. The summed E-state index contributed by atoms with van der Waals surface area (Å²) in [7, 11) is -4.10. The third-order valence-corrected chi connectivity index (χ3v) is 6.44. The van der Waals surface area contributed by atoms with Crippen LogP contribution in [0.15, 0.2) is 42.5 Å². The first-order chi connectivity index (χ1) is 12.2. The highest BCUT2D eigenvalue weighted by Crippen LogP contribution is 2.54. The largest absolute Gasteiger partial charge is 0.481 e. The fourth-order valence-corrected chi connectivity index (χ4v) is 4.85. The topological polar surface area (TPSA) is 124 Å². The van der Waals surface area contributed by atoms with Crippen LogP contribution in [0.25, 0.3) is 10.8 Å². The van der Waals surface area contributed by atoms with Gasteiger partial charge in [-0.2, -0.15) is 0 Å². The summed E-state index contributed by atoms with van der Waals surface area (Å²) >= 11 is 0. The van der Waals surface area contributed by atoms with Gasteiger partial charge in [-0.15, -0.1) is 0 Å². The van der Waals surface area contributed by atoms with Crippen LogP contribution in [0.5, 0.6) is 0 Å². The summed E-state index contributed by atoms with van der Waals surface area (Å²) in [5, 5.41) is 22.2. The van der Waals surface area contributed by atoms with Gasteiger partial charge in [0, 0.05) is 6.42 Å². The molecule has 26 heavy (non-hydrogen) atoms. The lowest BCUT2D eigenvalue weighted by atomic mass is 10.0. The summed E-state index contributed by atoms with van der Waals surface area (Å²) in [5.74, 6) is -2.51. The molecular weight excluding hydrogens is 357 g/mol. The van der Waals surface area contributed by atoms with E-state index in [2.05, 4.69) is 5.09 Å². The number of carboxylic acids is 2. The van der Waals surface area contributed by atoms with Crippen LogP contribution in [0.2, 0.25) is 0 Å². The van der Waals surface area contributed by atoms with E-state index < -0.39 is 37.6 Å². The second kappa shape index (κ2) is 8.45. The Morgan fingerprint density at radius 1 is 1.12 bits per heavy atom. The maximum absolute atomic E-state index is 12.9. The van der Waals surface area contributed by atoms with E-state index in [0.717, 1.165) is 10.8 Å². The van der Waals surface area contributed by atoms with Gasteiger partial charge in [0.15, 0.2) is 0 Å². The maximum atomic E-state index is 12.9. The van der Waals surface area contributed by atoms with Gasteiger partial charge in [0.2, 0.25) is 0 Å². The van der Waals surface area contributed by atoms with E-state index in [1.165, 1.54) is 0 Å². The monoisotopic (exact) mass is 379 g/mol. The molecule has 0 saturated carbocycles. The number of carbonyl (C=O) groups is 2. The minimum Gasteiger partial charge on any atom is -0.481 e. The van der Waals surface area contributed by atoms with Crippen molar-refractivity contribution in [2.24, 2.45) is 0 Å². The standard InChI is InChI=1S/C18H22NO6P/c1-2-16(14-8-7-12-5-3-4-6-13(12)11-14)26(24,25)19-15(18(22)23)9-10-17(20)21/h3-8,11,15-16H,2,9-10H2,1H3,(H,20,21)(H,22,23)(H2,19,24,25). The molecule has 0 aliphatic heterocycles. The molecule has 3 unspecified atom stereocenters. The number of aliphatic carboxylic acids is 2. The van der Waals surface area contributed by atoms with Crippen LogP contribution in [-0.2, 0) is 14.2 Å². The molecule has 0 aliphatic carbocycles. The summed E-state index contributed by atoms with van der Waals surface area (Å²) in [6.07, 6.45) is -0.357. The Labute approximate surface area is 151 Å². The summed E-state index contributed by atoms with van der Waals surface area (Å²) in [4.78, 5) is 32.5. The van der Waals surface area contributed by atoms with Gasteiger partial charge in [0.05, 0.1) is 5.66 Å². The highest BCUT2D eigenvalue weighted by atomic mass is 31.2. The number of hydrogen-bond acceptors (Lipinski definition) is 3. The molecule has 0 saturated heterocycles. The second-order valence-electron chi connectivity index (χ2n) is 6.11. The molecule has 0 radical (unpaired) electrons. The average Bonchev–Trinajstić information content (AvgIpc) is 2.58. The molecule has 2 aromatic carbocycles. The van der Waals surface area contributed by atoms with Crippen LogP contribution >= 0.6 is 7.52 Å². The summed E-state index contributed by atoms with van der Waals surface area (Å²) < 4.78 is 12.9. The Morgan fingerprint density at radius 2 is 1.77 bits per heavy atom. The Bertz CT molecular complexity index is 852. The molecule has 0 heterocycles. The maximum Gasteiger partial charge on any atom is 0.321 e. The van der Waals surface area contributed by atoms with Gasteiger partial charge in [-0.3, -0.25) is 14.2 Å². The highest BCUT2D eigenvalue weighted by Gasteiger charge is 2.35. The average molecular weight is 379 g/mol. The van der Waals surface area contributed by atoms with Crippen LogP contribution in [0.3, 0.4) is 0 Å². The number of nitrogens with one attached hydrogen (secondary N) is 1. The van der Waals surface area contributed by atoms with Crippen molar-refractivity contribution in [3.8, 4) is 0 Å². The van der Waals surface area contributed by atoms with Crippen molar-refractivity contribution in [2.45, 2.75) is 37.9 Å². The van der Waals surface area contributed by atoms with Gasteiger partial charge in [0.25, 0.3) is 7.52 Å². The van der Waals surface area contributed by atoms with Crippen molar-refractivity contribution >= 4 is 30.2 Å². The number of hydrogen-bond donors (Lipinski definition) is 4. The van der Waals surface area contributed by atoms with Gasteiger partial charge in [-0.25, -0.2) is 5.09 Å². The molecule has 0 aliphatic rings. The molecule has 7 nitrogen and oxygen atoms in total. The third-order valence-electron chi connectivity index (χ3n) is 4.25. The van der Waals surface area contributed by atoms with Gasteiger partial charge in [-0.05, 0) is 29.2 Å². The Balaban J connectivity index is 2.28. The first-order valence-electron chi connectivity index (χ1n) is 8.28. The van der Waals surface area contributed by atoms with E-state index in [9.17, 15) is 24.2 Å². The number of rotatable bonds is 9. The van der Waals surface area contributed by atoms with E-state index in [1.807, 2.05) is 36.4 Å². The predicted molar refractivity (Wildman–Crippen MR) is 98.2 cm³/mol. The molecule has 0 aromatic heterocycles. The van der Waals surface area contributed by atoms with Gasteiger partial charge >= 0.3 is 11.9 Å². The van der Waals surface area contributed by atoms with E-state index in [0.29, 0.717) is 12.0 Å². The van der Waals surface area contributed by atoms with Crippen molar-refractivity contribution in [3.63, 3.8) is 0 Å². The second-order valence-corrected chi connectivity index (χ2v) is 8.23. The zero-order valence-electron chi connectivity index (χ0n) is 14.3. The third kappa shape index (κ3) is 4.91. The minimum atomic E-state index is -4.10. The fraction of sp³-hybridized carbons (Fsp3) is 0.333. The molecule has 140 valence electrons. The van der Waals surface area contributed by atoms with Crippen LogP contribution in [0, 0.1) is 0 Å². The molecule has 0 bridgehead atoms.